The maximum absolute atomic E-state index is 12.5. The van der Waals surface area contributed by atoms with Gasteiger partial charge in [0.1, 0.15) is 28.9 Å². The predicted molar refractivity (Wildman–Crippen MR) is 117 cm³/mol. The molecule has 0 radical (unpaired) electrons. The summed E-state index contributed by atoms with van der Waals surface area (Å²) in [6.07, 6.45) is 1.53. The summed E-state index contributed by atoms with van der Waals surface area (Å²) < 4.78 is 17.6. The van der Waals surface area contributed by atoms with E-state index < -0.39 is 5.91 Å². The number of rotatable bonds is 6. The van der Waals surface area contributed by atoms with E-state index in [1.165, 1.54) is 13.2 Å². The second-order valence-electron chi connectivity index (χ2n) is 6.77. The number of amides is 1. The van der Waals surface area contributed by atoms with Crippen molar-refractivity contribution < 1.29 is 18.8 Å². The maximum atomic E-state index is 12.5. The standard InChI is InChI=1S/C22H21ClN4O4/c1-12-6-15(8-16(11-24)22(28)25-21-7-13(2)31-26-21)14(3)27(12)18-9-17(23)19(29-4)10-20(18)30-5/h6-10H,1-5H3,(H,25,26,28)/b16-8-. The van der Waals surface area contributed by atoms with Gasteiger partial charge in [0.05, 0.1) is 24.9 Å². The van der Waals surface area contributed by atoms with Crippen LogP contribution in [0.15, 0.2) is 34.4 Å². The highest BCUT2D eigenvalue weighted by Gasteiger charge is 2.18. The average Bonchev–Trinajstić information content (AvgIpc) is 3.27. The van der Waals surface area contributed by atoms with Crippen molar-refractivity contribution in [3.8, 4) is 23.3 Å². The summed E-state index contributed by atoms with van der Waals surface area (Å²) in [5, 5.41) is 16.2. The Hall–Kier alpha value is -3.70. The minimum Gasteiger partial charge on any atom is -0.495 e. The van der Waals surface area contributed by atoms with Gasteiger partial charge < -0.3 is 23.9 Å². The van der Waals surface area contributed by atoms with Crippen LogP contribution in [0.25, 0.3) is 11.8 Å². The molecule has 2 aromatic heterocycles. The summed E-state index contributed by atoms with van der Waals surface area (Å²) in [6.45, 7) is 5.49. The Balaban J connectivity index is 2.02. The van der Waals surface area contributed by atoms with Crippen LogP contribution in [0.3, 0.4) is 0 Å². The molecule has 8 nitrogen and oxygen atoms in total. The number of aryl methyl sites for hydroxylation is 2. The first-order valence-corrected chi connectivity index (χ1v) is 9.64. The number of hydrogen-bond donors (Lipinski definition) is 1. The van der Waals surface area contributed by atoms with Crippen LogP contribution in [0.4, 0.5) is 5.82 Å². The molecule has 0 aliphatic carbocycles. The average molecular weight is 441 g/mol. The molecule has 2 heterocycles. The van der Waals surface area contributed by atoms with Crippen molar-refractivity contribution in [2.75, 3.05) is 19.5 Å². The number of carbonyl (C=O) groups excluding carboxylic acids is 1. The van der Waals surface area contributed by atoms with Crippen LogP contribution in [0.2, 0.25) is 5.02 Å². The molecule has 0 aliphatic rings. The number of nitrogens with one attached hydrogen (secondary N) is 1. The van der Waals surface area contributed by atoms with Gasteiger partial charge in [0.15, 0.2) is 5.82 Å². The van der Waals surface area contributed by atoms with Crippen molar-refractivity contribution in [1.82, 2.24) is 9.72 Å². The van der Waals surface area contributed by atoms with Gasteiger partial charge in [-0.2, -0.15) is 5.26 Å². The lowest BCUT2D eigenvalue weighted by molar-refractivity contribution is -0.112. The predicted octanol–water partition coefficient (Wildman–Crippen LogP) is 4.61. The number of carbonyl (C=O) groups is 1. The molecule has 0 saturated heterocycles. The first kappa shape index (κ1) is 22.0. The Morgan fingerprint density at radius 1 is 1.19 bits per heavy atom. The van der Waals surface area contributed by atoms with Crippen molar-refractivity contribution in [2.45, 2.75) is 20.8 Å². The van der Waals surface area contributed by atoms with Crippen molar-refractivity contribution in [3.05, 3.63) is 57.6 Å². The van der Waals surface area contributed by atoms with E-state index in [0.29, 0.717) is 33.5 Å². The lowest BCUT2D eigenvalue weighted by Crippen LogP contribution is -2.13. The van der Waals surface area contributed by atoms with Gasteiger partial charge in [0.2, 0.25) is 0 Å². The fourth-order valence-corrected chi connectivity index (χ4v) is 3.47. The molecular formula is C22H21ClN4O4. The van der Waals surface area contributed by atoms with E-state index in [2.05, 4.69) is 10.5 Å². The summed E-state index contributed by atoms with van der Waals surface area (Å²) in [5.74, 6) is 1.28. The number of methoxy groups -OCH3 is 2. The molecule has 0 bridgehead atoms. The van der Waals surface area contributed by atoms with Gasteiger partial charge in [-0.1, -0.05) is 16.8 Å². The molecular weight excluding hydrogens is 420 g/mol. The monoisotopic (exact) mass is 440 g/mol. The Morgan fingerprint density at radius 2 is 1.90 bits per heavy atom. The topological polar surface area (TPSA) is 102 Å². The van der Waals surface area contributed by atoms with Crippen LogP contribution in [-0.2, 0) is 4.79 Å². The molecule has 0 fully saturated rings. The third-order valence-electron chi connectivity index (χ3n) is 4.70. The van der Waals surface area contributed by atoms with E-state index in [9.17, 15) is 10.1 Å². The first-order valence-electron chi connectivity index (χ1n) is 9.26. The van der Waals surface area contributed by atoms with E-state index in [-0.39, 0.29) is 11.4 Å². The third kappa shape index (κ3) is 4.42. The summed E-state index contributed by atoms with van der Waals surface area (Å²) in [4.78, 5) is 12.5. The molecule has 0 aliphatic heterocycles. The van der Waals surface area contributed by atoms with E-state index in [0.717, 1.165) is 11.4 Å². The fourth-order valence-electron chi connectivity index (χ4n) is 3.24. The number of hydrogen-bond acceptors (Lipinski definition) is 6. The molecule has 1 aromatic carbocycles. The number of aromatic nitrogens is 2. The van der Waals surface area contributed by atoms with Crippen LogP contribution in [0.5, 0.6) is 11.5 Å². The van der Waals surface area contributed by atoms with Gasteiger partial charge in [-0.3, -0.25) is 4.79 Å². The molecule has 3 aromatic rings. The zero-order valence-corrected chi connectivity index (χ0v) is 18.5. The molecule has 31 heavy (non-hydrogen) atoms. The molecule has 0 saturated carbocycles. The summed E-state index contributed by atoms with van der Waals surface area (Å²) >= 11 is 6.33. The third-order valence-corrected chi connectivity index (χ3v) is 4.99. The molecule has 9 heteroatoms. The summed E-state index contributed by atoms with van der Waals surface area (Å²) in [6, 6.07) is 8.84. The largest absolute Gasteiger partial charge is 0.495 e. The molecule has 1 N–H and O–H groups in total. The Morgan fingerprint density at radius 3 is 2.48 bits per heavy atom. The first-order chi connectivity index (χ1) is 14.8. The highest BCUT2D eigenvalue weighted by molar-refractivity contribution is 6.32. The normalized spacial score (nSPS) is 11.2. The number of benzene rings is 1. The Kier molecular flexibility index (Phi) is 6.37. The number of halogens is 1. The lowest BCUT2D eigenvalue weighted by Gasteiger charge is -2.16. The molecule has 0 unspecified atom stereocenters. The van der Waals surface area contributed by atoms with E-state index in [1.54, 1.807) is 32.2 Å². The molecule has 1 amide bonds. The van der Waals surface area contributed by atoms with Crippen molar-refractivity contribution in [1.29, 1.82) is 5.26 Å². The lowest BCUT2D eigenvalue weighted by atomic mass is 10.1. The zero-order chi connectivity index (χ0) is 22.7. The quantitative estimate of drug-likeness (QED) is 0.443. The smallest absolute Gasteiger partial charge is 0.267 e. The van der Waals surface area contributed by atoms with E-state index >= 15 is 0 Å². The second kappa shape index (κ2) is 8.98. The number of anilines is 1. The van der Waals surface area contributed by atoms with Crippen LogP contribution >= 0.6 is 11.6 Å². The van der Waals surface area contributed by atoms with Crippen molar-refractivity contribution >= 4 is 29.4 Å². The SMILES string of the molecule is COc1cc(OC)c(-n2c(C)cc(/C=C(/C#N)C(=O)Nc3cc(C)on3)c2C)cc1Cl. The van der Waals surface area contributed by atoms with E-state index in [4.69, 9.17) is 25.6 Å². The van der Waals surface area contributed by atoms with Crippen molar-refractivity contribution in [2.24, 2.45) is 0 Å². The van der Waals surface area contributed by atoms with E-state index in [1.807, 2.05) is 30.6 Å². The maximum Gasteiger partial charge on any atom is 0.267 e. The number of nitrogens with zero attached hydrogens (tertiary/aromatic N) is 3. The van der Waals surface area contributed by atoms with Gasteiger partial charge in [0, 0.05) is 23.5 Å². The molecule has 3 rings (SSSR count). The number of nitriles is 1. The summed E-state index contributed by atoms with van der Waals surface area (Å²) in [7, 11) is 3.09. The molecule has 0 atom stereocenters. The highest BCUT2D eigenvalue weighted by atomic mass is 35.5. The molecule has 0 spiro atoms. The highest BCUT2D eigenvalue weighted by Crippen LogP contribution is 2.37. The van der Waals surface area contributed by atoms with Gasteiger partial charge in [-0.25, -0.2) is 0 Å². The Bertz CT molecular complexity index is 1220. The fraction of sp³-hybridized carbons (Fsp3) is 0.227. The summed E-state index contributed by atoms with van der Waals surface area (Å²) in [5.41, 5.74) is 3.02. The van der Waals surface area contributed by atoms with Crippen molar-refractivity contribution in [3.63, 3.8) is 0 Å². The van der Waals surface area contributed by atoms with Gasteiger partial charge in [-0.15, -0.1) is 0 Å². The second-order valence-corrected chi connectivity index (χ2v) is 7.17. The number of ether oxygens (including phenoxy) is 2. The minimum absolute atomic E-state index is 0.0689. The minimum atomic E-state index is -0.578. The van der Waals surface area contributed by atoms with Crippen LogP contribution < -0.4 is 14.8 Å². The van der Waals surface area contributed by atoms with Gasteiger partial charge >= 0.3 is 0 Å². The van der Waals surface area contributed by atoms with Crippen LogP contribution in [0, 0.1) is 32.1 Å². The van der Waals surface area contributed by atoms with Crippen LogP contribution in [-0.4, -0.2) is 29.9 Å². The zero-order valence-electron chi connectivity index (χ0n) is 17.7. The van der Waals surface area contributed by atoms with Gasteiger partial charge in [-0.05, 0) is 44.5 Å². The molecule has 160 valence electrons. The van der Waals surface area contributed by atoms with Gasteiger partial charge in [0.25, 0.3) is 5.91 Å². The van der Waals surface area contributed by atoms with Crippen LogP contribution in [0.1, 0.15) is 22.7 Å². The Labute approximate surface area is 184 Å².